The maximum atomic E-state index is 12.0. The van der Waals surface area contributed by atoms with Gasteiger partial charge in [-0.1, -0.05) is 6.07 Å². The van der Waals surface area contributed by atoms with Gasteiger partial charge in [0, 0.05) is 19.5 Å². The number of carbonyl (C=O) groups excluding carboxylic acids is 1. The summed E-state index contributed by atoms with van der Waals surface area (Å²) in [5, 5.41) is 6.84. The predicted octanol–water partition coefficient (Wildman–Crippen LogP) is 2.40. The monoisotopic (exact) mass is 303 g/mol. The van der Waals surface area contributed by atoms with E-state index in [4.69, 9.17) is 9.47 Å². The highest BCUT2D eigenvalue weighted by Gasteiger charge is 2.08. The number of aryl methyl sites for hydroxylation is 2. The molecule has 1 aromatic heterocycles. The first-order valence-corrected chi connectivity index (χ1v) is 7.21. The van der Waals surface area contributed by atoms with Gasteiger partial charge < -0.3 is 14.8 Å². The van der Waals surface area contributed by atoms with E-state index < -0.39 is 0 Å². The van der Waals surface area contributed by atoms with Crippen LogP contribution in [0.15, 0.2) is 30.5 Å². The maximum absolute atomic E-state index is 12.0. The molecule has 0 saturated carbocycles. The van der Waals surface area contributed by atoms with Crippen molar-refractivity contribution in [2.45, 2.75) is 19.8 Å². The van der Waals surface area contributed by atoms with Crippen molar-refractivity contribution < 1.29 is 14.3 Å². The van der Waals surface area contributed by atoms with Crippen LogP contribution in [0.25, 0.3) is 0 Å². The molecule has 0 spiro atoms. The topological polar surface area (TPSA) is 65.4 Å². The third kappa shape index (κ3) is 4.00. The summed E-state index contributed by atoms with van der Waals surface area (Å²) in [5.41, 5.74) is 1.03. The smallest absolute Gasteiger partial charge is 0.225 e. The summed E-state index contributed by atoms with van der Waals surface area (Å²) in [6, 6.07) is 7.49. The summed E-state index contributed by atoms with van der Waals surface area (Å²) in [5.74, 6) is 2.05. The molecule has 0 saturated heterocycles. The average Bonchev–Trinajstić information content (AvgIpc) is 2.91. The van der Waals surface area contributed by atoms with E-state index in [-0.39, 0.29) is 5.91 Å². The number of aromatic nitrogens is 2. The first-order valence-electron chi connectivity index (χ1n) is 7.21. The standard InChI is InChI=1S/C16H21N3O3/c1-4-22-13-7-5-12(11-14(13)21-3)6-8-16(20)18-15-9-10-17-19(15)2/h5,7,9-11H,4,6,8H2,1-3H3,(H,18,20). The number of rotatable bonds is 7. The molecular formula is C16H21N3O3. The van der Waals surface area contributed by atoms with Crippen molar-refractivity contribution >= 4 is 11.7 Å². The number of hydrogen-bond donors (Lipinski definition) is 1. The Hall–Kier alpha value is -2.50. The molecule has 0 aliphatic carbocycles. The normalized spacial score (nSPS) is 10.3. The molecule has 118 valence electrons. The number of amides is 1. The van der Waals surface area contributed by atoms with Crippen LogP contribution in [0, 0.1) is 0 Å². The van der Waals surface area contributed by atoms with E-state index in [1.165, 1.54) is 0 Å². The second kappa shape index (κ2) is 7.49. The summed E-state index contributed by atoms with van der Waals surface area (Å²) in [7, 11) is 3.39. The number of nitrogens with one attached hydrogen (secondary N) is 1. The van der Waals surface area contributed by atoms with E-state index in [2.05, 4.69) is 10.4 Å². The van der Waals surface area contributed by atoms with E-state index in [9.17, 15) is 4.79 Å². The van der Waals surface area contributed by atoms with Crippen molar-refractivity contribution in [2.24, 2.45) is 7.05 Å². The molecule has 0 atom stereocenters. The summed E-state index contributed by atoms with van der Waals surface area (Å²) < 4.78 is 12.4. The minimum absolute atomic E-state index is 0.0450. The van der Waals surface area contributed by atoms with Gasteiger partial charge in [-0.05, 0) is 31.0 Å². The molecule has 0 aliphatic heterocycles. The lowest BCUT2D eigenvalue weighted by Gasteiger charge is -2.11. The van der Waals surface area contributed by atoms with Crippen molar-refractivity contribution in [2.75, 3.05) is 19.0 Å². The third-order valence-corrected chi connectivity index (χ3v) is 3.26. The van der Waals surface area contributed by atoms with Gasteiger partial charge in [0.05, 0.1) is 19.9 Å². The first kappa shape index (κ1) is 15.9. The Labute approximate surface area is 130 Å². The third-order valence-electron chi connectivity index (χ3n) is 3.26. The molecule has 1 N–H and O–H groups in total. The van der Waals surface area contributed by atoms with Crippen molar-refractivity contribution in [1.82, 2.24) is 9.78 Å². The number of ether oxygens (including phenoxy) is 2. The van der Waals surface area contributed by atoms with E-state index in [1.54, 1.807) is 31.1 Å². The zero-order chi connectivity index (χ0) is 15.9. The number of benzene rings is 1. The van der Waals surface area contributed by atoms with Crippen LogP contribution in [0.3, 0.4) is 0 Å². The number of methoxy groups -OCH3 is 1. The summed E-state index contributed by atoms with van der Waals surface area (Å²) >= 11 is 0. The molecule has 0 radical (unpaired) electrons. The van der Waals surface area contributed by atoms with Crippen molar-refractivity contribution in [3.8, 4) is 11.5 Å². The molecule has 22 heavy (non-hydrogen) atoms. The largest absolute Gasteiger partial charge is 0.493 e. The van der Waals surface area contributed by atoms with E-state index in [0.717, 1.165) is 5.56 Å². The quantitative estimate of drug-likeness (QED) is 0.853. The Kier molecular flexibility index (Phi) is 5.41. The number of carbonyl (C=O) groups is 1. The molecule has 1 aromatic carbocycles. The molecule has 6 nitrogen and oxygen atoms in total. The molecule has 0 unspecified atom stereocenters. The van der Waals surface area contributed by atoms with Crippen LogP contribution in [0.4, 0.5) is 5.82 Å². The Balaban J connectivity index is 1.93. The van der Waals surface area contributed by atoms with E-state index in [0.29, 0.717) is 36.8 Å². The number of anilines is 1. The van der Waals surface area contributed by atoms with E-state index >= 15 is 0 Å². The molecular weight excluding hydrogens is 282 g/mol. The zero-order valence-electron chi connectivity index (χ0n) is 13.1. The first-order chi connectivity index (χ1) is 10.6. The van der Waals surface area contributed by atoms with Gasteiger partial charge in [0.25, 0.3) is 0 Å². The molecule has 1 heterocycles. The minimum atomic E-state index is -0.0450. The number of nitrogens with zero attached hydrogens (tertiary/aromatic N) is 2. The SMILES string of the molecule is CCOc1ccc(CCC(=O)Nc2ccnn2C)cc1OC. The lowest BCUT2D eigenvalue weighted by Crippen LogP contribution is -2.14. The Bertz CT molecular complexity index is 637. The summed E-state index contributed by atoms with van der Waals surface area (Å²) in [4.78, 5) is 12.0. The van der Waals surface area contributed by atoms with Crippen LogP contribution in [-0.2, 0) is 18.3 Å². The maximum Gasteiger partial charge on any atom is 0.225 e. The molecule has 2 rings (SSSR count). The van der Waals surface area contributed by atoms with Gasteiger partial charge >= 0.3 is 0 Å². The minimum Gasteiger partial charge on any atom is -0.493 e. The van der Waals surface area contributed by atoms with Gasteiger partial charge in [-0.3, -0.25) is 9.48 Å². The van der Waals surface area contributed by atoms with E-state index in [1.807, 2.05) is 25.1 Å². The van der Waals surface area contributed by atoms with Crippen LogP contribution in [0.5, 0.6) is 11.5 Å². The lowest BCUT2D eigenvalue weighted by atomic mass is 10.1. The fraction of sp³-hybridized carbons (Fsp3) is 0.375. The van der Waals surface area contributed by atoms with Gasteiger partial charge in [-0.15, -0.1) is 0 Å². The van der Waals surface area contributed by atoms with Crippen molar-refractivity contribution in [3.05, 3.63) is 36.0 Å². The predicted molar refractivity (Wildman–Crippen MR) is 84.3 cm³/mol. The fourth-order valence-electron chi connectivity index (χ4n) is 2.10. The van der Waals surface area contributed by atoms with Crippen LogP contribution in [-0.4, -0.2) is 29.4 Å². The van der Waals surface area contributed by atoms with Gasteiger partial charge in [-0.2, -0.15) is 5.10 Å². The highest BCUT2D eigenvalue weighted by atomic mass is 16.5. The fourth-order valence-corrected chi connectivity index (χ4v) is 2.10. The highest BCUT2D eigenvalue weighted by Crippen LogP contribution is 2.28. The van der Waals surface area contributed by atoms with Crippen LogP contribution in [0.2, 0.25) is 0 Å². The Morgan fingerprint density at radius 2 is 2.14 bits per heavy atom. The van der Waals surface area contributed by atoms with Crippen molar-refractivity contribution in [1.29, 1.82) is 0 Å². The second-order valence-electron chi connectivity index (χ2n) is 4.81. The molecule has 1 amide bonds. The van der Waals surface area contributed by atoms with Gasteiger partial charge in [-0.25, -0.2) is 0 Å². The Morgan fingerprint density at radius 1 is 1.32 bits per heavy atom. The van der Waals surface area contributed by atoms with Crippen LogP contribution < -0.4 is 14.8 Å². The Morgan fingerprint density at radius 3 is 2.77 bits per heavy atom. The summed E-state index contributed by atoms with van der Waals surface area (Å²) in [6.07, 6.45) is 2.67. The molecule has 2 aromatic rings. The zero-order valence-corrected chi connectivity index (χ0v) is 13.1. The molecule has 0 bridgehead atoms. The highest BCUT2D eigenvalue weighted by molar-refractivity contribution is 5.89. The second-order valence-corrected chi connectivity index (χ2v) is 4.81. The molecule has 0 aliphatic rings. The summed E-state index contributed by atoms with van der Waals surface area (Å²) in [6.45, 7) is 2.51. The van der Waals surface area contributed by atoms with Gasteiger partial charge in [0.1, 0.15) is 5.82 Å². The van der Waals surface area contributed by atoms with Crippen LogP contribution >= 0.6 is 0 Å². The molecule has 0 fully saturated rings. The van der Waals surface area contributed by atoms with Crippen LogP contribution in [0.1, 0.15) is 18.9 Å². The van der Waals surface area contributed by atoms with Gasteiger partial charge in [0.2, 0.25) is 5.91 Å². The number of hydrogen-bond acceptors (Lipinski definition) is 4. The lowest BCUT2D eigenvalue weighted by molar-refractivity contribution is -0.116. The molecule has 6 heteroatoms. The average molecular weight is 303 g/mol. The van der Waals surface area contributed by atoms with Crippen molar-refractivity contribution in [3.63, 3.8) is 0 Å². The van der Waals surface area contributed by atoms with Gasteiger partial charge in [0.15, 0.2) is 11.5 Å².